The minimum Gasteiger partial charge on any atom is -0.468 e. The van der Waals surface area contributed by atoms with Gasteiger partial charge in [0.2, 0.25) is 0 Å². The quantitative estimate of drug-likeness (QED) is 0.837. The molecule has 0 saturated carbocycles. The van der Waals surface area contributed by atoms with Gasteiger partial charge in [0.15, 0.2) is 0 Å². The summed E-state index contributed by atoms with van der Waals surface area (Å²) < 4.78 is 7.00. The predicted octanol–water partition coefficient (Wildman–Crippen LogP) is 0.971. The normalized spacial score (nSPS) is 16.6. The molecule has 1 fully saturated rings. The van der Waals surface area contributed by atoms with E-state index in [1.54, 1.807) is 23.2 Å². The second-order valence-corrected chi connectivity index (χ2v) is 5.02. The number of amides is 1. The highest BCUT2D eigenvalue weighted by Crippen LogP contribution is 2.11. The van der Waals surface area contributed by atoms with Gasteiger partial charge in [-0.05, 0) is 18.2 Å². The number of furan rings is 1. The maximum absolute atomic E-state index is 12.2. The van der Waals surface area contributed by atoms with Crippen LogP contribution in [0.4, 0.5) is 0 Å². The van der Waals surface area contributed by atoms with Crippen molar-refractivity contribution in [2.24, 2.45) is 7.05 Å². The molecule has 2 aromatic rings. The number of hydrogen-bond acceptors (Lipinski definition) is 4. The topological polar surface area (TPSA) is 54.5 Å². The summed E-state index contributed by atoms with van der Waals surface area (Å²) in [4.78, 5) is 16.4. The van der Waals surface area contributed by atoms with Crippen molar-refractivity contribution in [3.05, 3.63) is 42.1 Å². The number of aromatic nitrogens is 2. The highest BCUT2D eigenvalue weighted by molar-refractivity contribution is 5.92. The molecule has 106 valence electrons. The van der Waals surface area contributed by atoms with E-state index < -0.39 is 0 Å². The van der Waals surface area contributed by atoms with Gasteiger partial charge in [0.25, 0.3) is 5.91 Å². The van der Waals surface area contributed by atoms with Crippen molar-refractivity contribution in [2.45, 2.75) is 6.54 Å². The molecule has 0 aliphatic carbocycles. The summed E-state index contributed by atoms with van der Waals surface area (Å²) in [5, 5.41) is 4.16. The van der Waals surface area contributed by atoms with Crippen LogP contribution in [0.2, 0.25) is 0 Å². The molecule has 3 rings (SSSR count). The molecule has 1 saturated heterocycles. The molecule has 0 spiro atoms. The lowest BCUT2D eigenvalue weighted by atomic mass is 10.2. The van der Waals surface area contributed by atoms with Crippen molar-refractivity contribution < 1.29 is 9.21 Å². The van der Waals surface area contributed by atoms with E-state index in [1.807, 2.05) is 24.1 Å². The van der Waals surface area contributed by atoms with Crippen LogP contribution in [0.5, 0.6) is 0 Å². The number of hydrogen-bond donors (Lipinski definition) is 0. The number of carbonyl (C=O) groups excluding carboxylic acids is 1. The van der Waals surface area contributed by atoms with Gasteiger partial charge in [0, 0.05) is 39.4 Å². The Labute approximate surface area is 117 Å². The van der Waals surface area contributed by atoms with E-state index in [1.165, 1.54) is 0 Å². The molecule has 1 aliphatic heterocycles. The summed E-state index contributed by atoms with van der Waals surface area (Å²) in [6, 6.07) is 5.64. The number of piperazine rings is 1. The Bertz CT molecular complexity index is 568. The lowest BCUT2D eigenvalue weighted by molar-refractivity contribution is 0.0614. The standard InChI is InChI=1S/C14H18N4O2/c1-16-5-4-13(15-16)14(19)18-8-6-17(7-9-18)11-12-3-2-10-20-12/h2-5,10H,6-9,11H2,1H3. The summed E-state index contributed by atoms with van der Waals surface area (Å²) >= 11 is 0. The van der Waals surface area contributed by atoms with Crippen molar-refractivity contribution in [3.63, 3.8) is 0 Å². The Morgan fingerprint density at radius 2 is 2.10 bits per heavy atom. The predicted molar refractivity (Wildman–Crippen MR) is 73.1 cm³/mol. The van der Waals surface area contributed by atoms with Crippen LogP contribution < -0.4 is 0 Å². The molecule has 0 aromatic carbocycles. The van der Waals surface area contributed by atoms with Crippen LogP contribution in [-0.4, -0.2) is 51.7 Å². The Morgan fingerprint density at radius 3 is 2.70 bits per heavy atom. The zero-order chi connectivity index (χ0) is 13.9. The van der Waals surface area contributed by atoms with Crippen LogP contribution in [0.25, 0.3) is 0 Å². The maximum atomic E-state index is 12.2. The first-order chi connectivity index (χ1) is 9.72. The molecule has 0 bridgehead atoms. The number of nitrogens with zero attached hydrogens (tertiary/aromatic N) is 4. The summed E-state index contributed by atoms with van der Waals surface area (Å²) in [6.07, 6.45) is 3.48. The number of carbonyl (C=O) groups is 1. The van der Waals surface area contributed by atoms with Gasteiger partial charge in [-0.15, -0.1) is 0 Å². The van der Waals surface area contributed by atoms with Gasteiger partial charge in [-0.2, -0.15) is 5.10 Å². The maximum Gasteiger partial charge on any atom is 0.274 e. The van der Waals surface area contributed by atoms with Gasteiger partial charge in [0.1, 0.15) is 11.5 Å². The molecule has 0 N–H and O–H groups in total. The Balaban J connectivity index is 1.54. The van der Waals surface area contributed by atoms with Crippen LogP contribution in [-0.2, 0) is 13.6 Å². The first kappa shape index (κ1) is 12.9. The molecule has 1 amide bonds. The van der Waals surface area contributed by atoms with Crippen LogP contribution >= 0.6 is 0 Å². The molecule has 1 aliphatic rings. The molecule has 0 atom stereocenters. The van der Waals surface area contributed by atoms with E-state index in [-0.39, 0.29) is 5.91 Å². The van der Waals surface area contributed by atoms with E-state index in [0.29, 0.717) is 5.69 Å². The molecule has 20 heavy (non-hydrogen) atoms. The van der Waals surface area contributed by atoms with Crippen molar-refractivity contribution in [2.75, 3.05) is 26.2 Å². The van der Waals surface area contributed by atoms with E-state index in [9.17, 15) is 4.79 Å². The van der Waals surface area contributed by atoms with E-state index >= 15 is 0 Å². The highest BCUT2D eigenvalue weighted by Gasteiger charge is 2.23. The zero-order valence-electron chi connectivity index (χ0n) is 11.5. The van der Waals surface area contributed by atoms with Gasteiger partial charge in [-0.25, -0.2) is 0 Å². The van der Waals surface area contributed by atoms with E-state index in [0.717, 1.165) is 38.5 Å². The molecule has 3 heterocycles. The third-order valence-electron chi connectivity index (χ3n) is 3.55. The zero-order valence-corrected chi connectivity index (χ0v) is 11.5. The molecule has 0 unspecified atom stereocenters. The minimum absolute atomic E-state index is 0.0169. The lowest BCUT2D eigenvalue weighted by Gasteiger charge is -2.33. The summed E-state index contributed by atoms with van der Waals surface area (Å²) in [7, 11) is 1.82. The summed E-state index contributed by atoms with van der Waals surface area (Å²) in [5.74, 6) is 0.984. The molecule has 6 heteroatoms. The van der Waals surface area contributed by atoms with Crippen molar-refractivity contribution in [1.29, 1.82) is 0 Å². The van der Waals surface area contributed by atoms with Crippen molar-refractivity contribution >= 4 is 5.91 Å². The Hall–Kier alpha value is -2.08. The van der Waals surface area contributed by atoms with Crippen molar-refractivity contribution in [1.82, 2.24) is 19.6 Å². The first-order valence-electron chi connectivity index (χ1n) is 6.76. The number of rotatable bonds is 3. The third-order valence-corrected chi connectivity index (χ3v) is 3.55. The van der Waals surface area contributed by atoms with Crippen LogP contribution in [0.15, 0.2) is 35.1 Å². The van der Waals surface area contributed by atoms with Crippen LogP contribution in [0, 0.1) is 0 Å². The average Bonchev–Trinajstić information content (AvgIpc) is 3.10. The lowest BCUT2D eigenvalue weighted by Crippen LogP contribution is -2.48. The summed E-state index contributed by atoms with van der Waals surface area (Å²) in [6.45, 7) is 3.99. The Kier molecular flexibility index (Phi) is 3.56. The monoisotopic (exact) mass is 274 g/mol. The molecular weight excluding hydrogens is 256 g/mol. The van der Waals surface area contributed by atoms with Crippen LogP contribution in [0.3, 0.4) is 0 Å². The first-order valence-corrected chi connectivity index (χ1v) is 6.76. The molecule has 2 aromatic heterocycles. The fourth-order valence-electron chi connectivity index (χ4n) is 2.42. The second-order valence-electron chi connectivity index (χ2n) is 5.02. The van der Waals surface area contributed by atoms with Gasteiger partial charge in [-0.3, -0.25) is 14.4 Å². The fourth-order valence-corrected chi connectivity index (χ4v) is 2.42. The highest BCUT2D eigenvalue weighted by atomic mass is 16.3. The SMILES string of the molecule is Cn1ccc(C(=O)N2CCN(Cc3ccco3)CC2)n1. The molecular formula is C14H18N4O2. The largest absolute Gasteiger partial charge is 0.468 e. The molecule has 6 nitrogen and oxygen atoms in total. The summed E-state index contributed by atoms with van der Waals surface area (Å²) in [5.41, 5.74) is 0.520. The van der Waals surface area contributed by atoms with E-state index in [4.69, 9.17) is 4.42 Å². The second kappa shape index (κ2) is 5.50. The molecule has 0 radical (unpaired) electrons. The minimum atomic E-state index is 0.0169. The van der Waals surface area contributed by atoms with Gasteiger partial charge < -0.3 is 9.32 Å². The van der Waals surface area contributed by atoms with Crippen molar-refractivity contribution in [3.8, 4) is 0 Å². The average molecular weight is 274 g/mol. The Morgan fingerprint density at radius 1 is 1.30 bits per heavy atom. The van der Waals surface area contributed by atoms with E-state index in [2.05, 4.69) is 10.00 Å². The van der Waals surface area contributed by atoms with Crippen LogP contribution in [0.1, 0.15) is 16.2 Å². The van der Waals surface area contributed by atoms with Gasteiger partial charge in [0.05, 0.1) is 12.8 Å². The number of aryl methyl sites for hydroxylation is 1. The smallest absolute Gasteiger partial charge is 0.274 e. The third kappa shape index (κ3) is 2.75. The van der Waals surface area contributed by atoms with Gasteiger partial charge >= 0.3 is 0 Å². The fraction of sp³-hybridized carbons (Fsp3) is 0.429. The van der Waals surface area contributed by atoms with Gasteiger partial charge in [-0.1, -0.05) is 0 Å².